The molecule has 6 nitrogen and oxygen atoms in total. The molecule has 0 atom stereocenters. The molecule has 1 heterocycles. The minimum atomic E-state index is 0.110. The molecule has 0 aliphatic rings. The Bertz CT molecular complexity index is 895. The Labute approximate surface area is 159 Å². The zero-order chi connectivity index (χ0) is 19.4. The number of rotatable bonds is 6. The van der Waals surface area contributed by atoms with Gasteiger partial charge in [0.15, 0.2) is 18.1 Å². The average molecular weight is 368 g/mol. The highest BCUT2D eigenvalue weighted by atomic mass is 16.5. The van der Waals surface area contributed by atoms with Crippen LogP contribution in [-0.4, -0.2) is 24.4 Å². The van der Waals surface area contributed by atoms with E-state index in [0.29, 0.717) is 23.3 Å². The fraction of sp³-hybridized carbons (Fsp3) is 0.333. The molecule has 3 rings (SSSR count). The quantitative estimate of drug-likeness (QED) is 0.632. The predicted molar refractivity (Wildman–Crippen MR) is 102 cm³/mol. The molecule has 2 aromatic carbocycles. The second-order valence-electron chi connectivity index (χ2n) is 7.13. The summed E-state index contributed by atoms with van der Waals surface area (Å²) in [7, 11) is 3.17. The van der Waals surface area contributed by atoms with Crippen LogP contribution in [0.1, 0.15) is 32.2 Å². The predicted octanol–water partition coefficient (Wildman–Crippen LogP) is 4.63. The number of methoxy groups -OCH3 is 2. The summed E-state index contributed by atoms with van der Waals surface area (Å²) in [6, 6.07) is 13.5. The van der Waals surface area contributed by atoms with Crippen molar-refractivity contribution in [2.75, 3.05) is 14.2 Å². The number of hydrogen-bond acceptors (Lipinski definition) is 6. The van der Waals surface area contributed by atoms with Gasteiger partial charge in [0.1, 0.15) is 5.75 Å². The Kier molecular flexibility index (Phi) is 5.35. The summed E-state index contributed by atoms with van der Waals surface area (Å²) in [5.41, 5.74) is 2.11. The number of nitrogens with zero attached hydrogens (tertiary/aromatic N) is 2. The van der Waals surface area contributed by atoms with Crippen LogP contribution >= 0.6 is 0 Å². The maximum Gasteiger partial charge on any atom is 0.254 e. The lowest BCUT2D eigenvalue weighted by atomic mass is 9.87. The van der Waals surface area contributed by atoms with Gasteiger partial charge >= 0.3 is 0 Å². The van der Waals surface area contributed by atoms with Crippen LogP contribution in [0.4, 0.5) is 0 Å². The molecule has 1 aromatic heterocycles. The molecule has 0 fully saturated rings. The summed E-state index contributed by atoms with van der Waals surface area (Å²) in [6.07, 6.45) is 0. The molecule has 0 radical (unpaired) electrons. The molecule has 0 spiro atoms. The molecule has 0 bridgehead atoms. The van der Waals surface area contributed by atoms with Gasteiger partial charge in [-0.25, -0.2) is 0 Å². The maximum atomic E-state index is 5.75. The first kappa shape index (κ1) is 18.8. The fourth-order valence-electron chi connectivity index (χ4n) is 2.59. The first-order valence-corrected chi connectivity index (χ1v) is 8.69. The van der Waals surface area contributed by atoms with E-state index >= 15 is 0 Å². The van der Waals surface area contributed by atoms with Gasteiger partial charge in [0.25, 0.3) is 5.89 Å². The van der Waals surface area contributed by atoms with E-state index in [2.05, 4.69) is 43.1 Å². The van der Waals surface area contributed by atoms with Crippen LogP contribution in [0.15, 0.2) is 46.9 Å². The third-order valence-corrected chi connectivity index (χ3v) is 4.18. The first-order valence-electron chi connectivity index (χ1n) is 8.69. The summed E-state index contributed by atoms with van der Waals surface area (Å²) in [4.78, 5) is 0. The van der Waals surface area contributed by atoms with Crippen LogP contribution in [0.2, 0.25) is 0 Å². The van der Waals surface area contributed by atoms with E-state index in [4.69, 9.17) is 18.6 Å². The first-order chi connectivity index (χ1) is 12.9. The third kappa shape index (κ3) is 4.39. The van der Waals surface area contributed by atoms with Gasteiger partial charge in [0, 0.05) is 5.56 Å². The van der Waals surface area contributed by atoms with Crippen molar-refractivity contribution in [3.8, 4) is 28.7 Å². The van der Waals surface area contributed by atoms with E-state index in [-0.39, 0.29) is 12.0 Å². The molecule has 0 aliphatic heterocycles. The van der Waals surface area contributed by atoms with Gasteiger partial charge in [-0.05, 0) is 41.3 Å². The second kappa shape index (κ2) is 7.70. The van der Waals surface area contributed by atoms with Gasteiger partial charge in [-0.3, -0.25) is 0 Å². The Morgan fingerprint density at radius 1 is 0.889 bits per heavy atom. The highest BCUT2D eigenvalue weighted by molar-refractivity contribution is 5.59. The molecule has 0 aliphatic carbocycles. The van der Waals surface area contributed by atoms with Crippen molar-refractivity contribution in [2.24, 2.45) is 0 Å². The van der Waals surface area contributed by atoms with Gasteiger partial charge in [0.05, 0.1) is 14.2 Å². The van der Waals surface area contributed by atoms with Gasteiger partial charge in [-0.2, -0.15) is 0 Å². The van der Waals surface area contributed by atoms with E-state index in [1.807, 2.05) is 18.2 Å². The summed E-state index contributed by atoms with van der Waals surface area (Å²) >= 11 is 0. The fourth-order valence-corrected chi connectivity index (χ4v) is 2.59. The zero-order valence-electron chi connectivity index (χ0n) is 16.3. The standard InChI is InChI=1S/C21H24N2O4/c1-21(2,3)15-7-9-16(10-8-15)26-13-19-22-23-20(27-19)14-6-11-17(24-4)18(12-14)25-5/h6-12H,13H2,1-5H3. The minimum Gasteiger partial charge on any atom is -0.493 e. The lowest BCUT2D eigenvalue weighted by Gasteiger charge is -2.19. The molecule has 0 amide bonds. The van der Waals surface area contributed by atoms with Crippen LogP contribution in [-0.2, 0) is 12.0 Å². The molecule has 0 unspecified atom stereocenters. The highest BCUT2D eigenvalue weighted by Gasteiger charge is 2.14. The van der Waals surface area contributed by atoms with Crippen LogP contribution in [0, 0.1) is 0 Å². The average Bonchev–Trinajstić information content (AvgIpc) is 3.14. The molecule has 6 heteroatoms. The molecule has 27 heavy (non-hydrogen) atoms. The van der Waals surface area contributed by atoms with Crippen molar-refractivity contribution in [2.45, 2.75) is 32.8 Å². The van der Waals surface area contributed by atoms with Crippen LogP contribution in [0.5, 0.6) is 17.2 Å². The summed E-state index contributed by atoms with van der Waals surface area (Å²) in [5.74, 6) is 2.80. The van der Waals surface area contributed by atoms with Crippen LogP contribution in [0.25, 0.3) is 11.5 Å². The van der Waals surface area contributed by atoms with Crippen LogP contribution < -0.4 is 14.2 Å². The van der Waals surface area contributed by atoms with E-state index in [1.165, 1.54) is 5.56 Å². The summed E-state index contributed by atoms with van der Waals surface area (Å²) < 4.78 is 22.0. The van der Waals surface area contributed by atoms with Crippen molar-refractivity contribution >= 4 is 0 Å². The van der Waals surface area contributed by atoms with E-state index in [0.717, 1.165) is 11.3 Å². The van der Waals surface area contributed by atoms with Gasteiger partial charge in [0.2, 0.25) is 5.89 Å². The van der Waals surface area contributed by atoms with Gasteiger partial charge < -0.3 is 18.6 Å². The molecule has 0 saturated carbocycles. The van der Waals surface area contributed by atoms with E-state index in [9.17, 15) is 0 Å². The minimum absolute atomic E-state index is 0.110. The normalized spacial score (nSPS) is 11.3. The molecular formula is C21H24N2O4. The van der Waals surface area contributed by atoms with Crippen LogP contribution in [0.3, 0.4) is 0 Å². The third-order valence-electron chi connectivity index (χ3n) is 4.18. The van der Waals surface area contributed by atoms with Gasteiger partial charge in [-0.15, -0.1) is 10.2 Å². The number of benzene rings is 2. The molecule has 0 N–H and O–H groups in total. The summed E-state index contributed by atoms with van der Waals surface area (Å²) in [5, 5.41) is 8.13. The molecule has 0 saturated heterocycles. The maximum absolute atomic E-state index is 5.75. The SMILES string of the molecule is COc1ccc(-c2nnc(COc3ccc(C(C)(C)C)cc3)o2)cc1OC. The highest BCUT2D eigenvalue weighted by Crippen LogP contribution is 2.32. The Morgan fingerprint density at radius 3 is 2.22 bits per heavy atom. The largest absolute Gasteiger partial charge is 0.493 e. The Balaban J connectivity index is 1.68. The van der Waals surface area contributed by atoms with Crippen molar-refractivity contribution in [3.05, 3.63) is 53.9 Å². The van der Waals surface area contributed by atoms with Crippen molar-refractivity contribution in [1.82, 2.24) is 10.2 Å². The second-order valence-corrected chi connectivity index (χ2v) is 7.13. The monoisotopic (exact) mass is 368 g/mol. The van der Waals surface area contributed by atoms with E-state index in [1.54, 1.807) is 26.4 Å². The molecule has 3 aromatic rings. The topological polar surface area (TPSA) is 66.6 Å². The number of ether oxygens (including phenoxy) is 3. The zero-order valence-corrected chi connectivity index (χ0v) is 16.3. The molecule has 142 valence electrons. The summed E-state index contributed by atoms with van der Waals surface area (Å²) in [6.45, 7) is 6.74. The van der Waals surface area contributed by atoms with Gasteiger partial charge in [-0.1, -0.05) is 32.9 Å². The number of hydrogen-bond donors (Lipinski definition) is 0. The van der Waals surface area contributed by atoms with Crippen molar-refractivity contribution < 1.29 is 18.6 Å². The van der Waals surface area contributed by atoms with E-state index < -0.39 is 0 Å². The number of aromatic nitrogens is 2. The van der Waals surface area contributed by atoms with Crippen molar-refractivity contribution in [3.63, 3.8) is 0 Å². The Morgan fingerprint density at radius 2 is 1.59 bits per heavy atom. The lowest BCUT2D eigenvalue weighted by Crippen LogP contribution is -2.10. The Hall–Kier alpha value is -3.02. The molecular weight excluding hydrogens is 344 g/mol. The van der Waals surface area contributed by atoms with Crippen molar-refractivity contribution in [1.29, 1.82) is 0 Å². The lowest BCUT2D eigenvalue weighted by molar-refractivity contribution is 0.264. The smallest absolute Gasteiger partial charge is 0.254 e.